The van der Waals surface area contributed by atoms with Gasteiger partial charge in [-0.1, -0.05) is 19.6 Å². The van der Waals surface area contributed by atoms with Crippen LogP contribution in [-0.2, 0) is 19.1 Å². The average molecular weight is 327 g/mol. The van der Waals surface area contributed by atoms with Crippen molar-refractivity contribution in [1.29, 1.82) is 0 Å². The Kier molecular flexibility index (Phi) is 5.49. The molecule has 126 valence electrons. The standard InChI is InChI=1S/C16H29NO4Si/c1-11(2)20-14(18)12-9-13(15(19)21-16(3,4)5)17(10-12)22(6,7)8/h10-11,13H,9H2,1-8H3/t13-/m1/s1. The highest BCUT2D eigenvalue weighted by molar-refractivity contribution is 6.74. The summed E-state index contributed by atoms with van der Waals surface area (Å²) in [5.41, 5.74) is 0.00983. The predicted octanol–water partition coefficient (Wildman–Crippen LogP) is 3.07. The smallest absolute Gasteiger partial charge is 0.335 e. The van der Waals surface area contributed by atoms with Crippen LogP contribution >= 0.6 is 0 Å². The van der Waals surface area contributed by atoms with Gasteiger partial charge in [0.25, 0.3) is 0 Å². The monoisotopic (exact) mass is 327 g/mol. The fraction of sp³-hybridized carbons (Fsp3) is 0.750. The molecule has 0 unspecified atom stereocenters. The van der Waals surface area contributed by atoms with E-state index >= 15 is 0 Å². The van der Waals surface area contributed by atoms with E-state index in [1.54, 1.807) is 6.20 Å². The van der Waals surface area contributed by atoms with Crippen LogP contribution < -0.4 is 0 Å². The minimum Gasteiger partial charge on any atom is -0.460 e. The molecule has 0 aromatic heterocycles. The van der Waals surface area contributed by atoms with E-state index in [2.05, 4.69) is 19.6 Å². The molecule has 0 saturated carbocycles. The number of carbonyl (C=O) groups excluding carboxylic acids is 2. The molecule has 0 aromatic rings. The summed E-state index contributed by atoms with van der Waals surface area (Å²) in [5.74, 6) is -0.622. The average Bonchev–Trinajstić information content (AvgIpc) is 2.69. The fourth-order valence-electron chi connectivity index (χ4n) is 2.27. The Balaban J connectivity index is 2.96. The second-order valence-electron chi connectivity index (χ2n) is 7.94. The summed E-state index contributed by atoms with van der Waals surface area (Å²) in [6.07, 6.45) is 1.98. The molecular formula is C16H29NO4Si. The molecule has 22 heavy (non-hydrogen) atoms. The summed E-state index contributed by atoms with van der Waals surface area (Å²) >= 11 is 0. The Morgan fingerprint density at radius 1 is 1.27 bits per heavy atom. The molecule has 1 rings (SSSR count). The first-order valence-electron chi connectivity index (χ1n) is 7.74. The Morgan fingerprint density at radius 2 is 1.82 bits per heavy atom. The van der Waals surface area contributed by atoms with Crippen molar-refractivity contribution in [3.8, 4) is 0 Å². The van der Waals surface area contributed by atoms with Crippen LogP contribution in [0.25, 0.3) is 0 Å². The van der Waals surface area contributed by atoms with E-state index in [4.69, 9.17) is 9.47 Å². The second-order valence-corrected chi connectivity index (χ2v) is 12.8. The van der Waals surface area contributed by atoms with Gasteiger partial charge >= 0.3 is 11.9 Å². The van der Waals surface area contributed by atoms with Crippen molar-refractivity contribution < 1.29 is 19.1 Å². The van der Waals surface area contributed by atoms with Gasteiger partial charge in [0, 0.05) is 12.6 Å². The van der Waals surface area contributed by atoms with Crippen LogP contribution in [0.1, 0.15) is 41.0 Å². The van der Waals surface area contributed by atoms with E-state index in [-0.39, 0.29) is 18.0 Å². The van der Waals surface area contributed by atoms with Gasteiger partial charge in [0.2, 0.25) is 0 Å². The number of nitrogens with zero attached hydrogens (tertiary/aromatic N) is 1. The van der Waals surface area contributed by atoms with E-state index < -0.39 is 19.9 Å². The highest BCUT2D eigenvalue weighted by atomic mass is 28.3. The van der Waals surface area contributed by atoms with E-state index in [1.807, 2.05) is 39.2 Å². The molecule has 0 radical (unpaired) electrons. The van der Waals surface area contributed by atoms with Crippen molar-refractivity contribution >= 4 is 20.2 Å². The number of rotatable bonds is 4. The van der Waals surface area contributed by atoms with Crippen LogP contribution in [0.15, 0.2) is 11.8 Å². The molecule has 0 fully saturated rings. The Hall–Kier alpha value is -1.30. The number of carbonyl (C=O) groups is 2. The second kappa shape index (κ2) is 6.44. The van der Waals surface area contributed by atoms with Gasteiger partial charge in [-0.2, -0.15) is 0 Å². The largest absolute Gasteiger partial charge is 0.460 e. The molecule has 0 saturated heterocycles. The summed E-state index contributed by atoms with van der Waals surface area (Å²) in [5, 5.41) is 0. The van der Waals surface area contributed by atoms with Gasteiger partial charge in [-0.05, 0) is 34.6 Å². The Morgan fingerprint density at radius 3 is 2.23 bits per heavy atom. The SMILES string of the molecule is CC(C)OC(=O)C1=CN([Si](C)(C)C)[C@@H](C(=O)OC(C)(C)C)C1. The van der Waals surface area contributed by atoms with Crippen LogP contribution in [0.2, 0.25) is 19.6 Å². The third-order valence-electron chi connectivity index (χ3n) is 3.10. The first kappa shape index (κ1) is 18.7. The van der Waals surface area contributed by atoms with Gasteiger partial charge in [-0.3, -0.25) is 0 Å². The summed E-state index contributed by atoms with van der Waals surface area (Å²) < 4.78 is 12.8. The molecule has 0 bridgehead atoms. The Bertz CT molecular complexity index is 472. The maximum absolute atomic E-state index is 12.5. The van der Waals surface area contributed by atoms with E-state index in [1.165, 1.54) is 0 Å². The number of esters is 2. The van der Waals surface area contributed by atoms with Crippen molar-refractivity contribution in [2.24, 2.45) is 0 Å². The molecule has 6 heteroatoms. The topological polar surface area (TPSA) is 55.8 Å². The third-order valence-corrected chi connectivity index (χ3v) is 5.09. The zero-order valence-corrected chi connectivity index (χ0v) is 16.0. The summed E-state index contributed by atoms with van der Waals surface area (Å²) in [6.45, 7) is 15.6. The zero-order valence-electron chi connectivity index (χ0n) is 15.0. The molecule has 1 atom stereocenters. The highest BCUT2D eigenvalue weighted by Crippen LogP contribution is 2.30. The quantitative estimate of drug-likeness (QED) is 0.587. The Labute approximate surface area is 134 Å². The summed E-state index contributed by atoms with van der Waals surface area (Å²) in [6, 6.07) is -0.430. The maximum Gasteiger partial charge on any atom is 0.335 e. The summed E-state index contributed by atoms with van der Waals surface area (Å²) in [7, 11) is -1.80. The first-order chi connectivity index (χ1) is 9.81. The molecule has 0 aliphatic carbocycles. The maximum atomic E-state index is 12.5. The van der Waals surface area contributed by atoms with Gasteiger partial charge in [-0.15, -0.1) is 0 Å². The van der Waals surface area contributed by atoms with Gasteiger partial charge in [0.15, 0.2) is 0 Å². The predicted molar refractivity (Wildman–Crippen MR) is 88.7 cm³/mol. The molecule has 0 aromatic carbocycles. The van der Waals surface area contributed by atoms with E-state index in [9.17, 15) is 9.59 Å². The number of hydrogen-bond acceptors (Lipinski definition) is 5. The van der Waals surface area contributed by atoms with Crippen LogP contribution in [-0.4, -0.2) is 42.5 Å². The minimum absolute atomic E-state index is 0.172. The first-order valence-corrected chi connectivity index (χ1v) is 11.2. The lowest BCUT2D eigenvalue weighted by atomic mass is 10.1. The normalized spacial score (nSPS) is 19.2. The van der Waals surface area contributed by atoms with Crippen LogP contribution in [0.3, 0.4) is 0 Å². The van der Waals surface area contributed by atoms with E-state index in [0.29, 0.717) is 12.0 Å². The third kappa shape index (κ3) is 5.16. The molecule has 1 heterocycles. The molecule has 1 aliphatic rings. The van der Waals surface area contributed by atoms with Crippen LogP contribution in [0.5, 0.6) is 0 Å². The lowest BCUT2D eigenvalue weighted by Gasteiger charge is -2.36. The van der Waals surface area contributed by atoms with Crippen LogP contribution in [0, 0.1) is 0 Å². The minimum atomic E-state index is -1.80. The highest BCUT2D eigenvalue weighted by Gasteiger charge is 2.41. The molecule has 0 spiro atoms. The van der Waals surface area contributed by atoms with Crippen molar-refractivity contribution in [3.63, 3.8) is 0 Å². The summed E-state index contributed by atoms with van der Waals surface area (Å²) in [4.78, 5) is 24.6. The van der Waals surface area contributed by atoms with Gasteiger partial charge in [0.1, 0.15) is 19.9 Å². The van der Waals surface area contributed by atoms with Crippen molar-refractivity contribution in [2.45, 2.75) is 78.4 Å². The molecule has 5 nitrogen and oxygen atoms in total. The van der Waals surface area contributed by atoms with E-state index in [0.717, 1.165) is 0 Å². The van der Waals surface area contributed by atoms with Gasteiger partial charge in [0.05, 0.1) is 11.7 Å². The lowest BCUT2D eigenvalue weighted by Crippen LogP contribution is -2.50. The molecule has 1 aliphatic heterocycles. The molecular weight excluding hydrogens is 298 g/mol. The van der Waals surface area contributed by atoms with Crippen molar-refractivity contribution in [3.05, 3.63) is 11.8 Å². The van der Waals surface area contributed by atoms with Gasteiger partial charge in [-0.25, -0.2) is 9.59 Å². The lowest BCUT2D eigenvalue weighted by molar-refractivity contribution is -0.158. The molecule has 0 amide bonds. The van der Waals surface area contributed by atoms with Crippen molar-refractivity contribution in [2.75, 3.05) is 0 Å². The van der Waals surface area contributed by atoms with Gasteiger partial charge < -0.3 is 14.0 Å². The molecule has 0 N–H and O–H groups in total. The zero-order chi connectivity index (χ0) is 17.3. The number of ether oxygens (including phenoxy) is 2. The number of hydrogen-bond donors (Lipinski definition) is 0. The van der Waals surface area contributed by atoms with Crippen LogP contribution in [0.4, 0.5) is 0 Å². The fourth-order valence-corrected chi connectivity index (χ4v) is 3.95. The van der Waals surface area contributed by atoms with Crippen molar-refractivity contribution in [1.82, 2.24) is 4.57 Å².